The Balaban J connectivity index is 1.69. The Kier molecular flexibility index (Phi) is 6.87. The number of hydrogen-bond donors (Lipinski definition) is 2. The molecule has 3 aromatic rings. The zero-order valence-electron chi connectivity index (χ0n) is 18.0. The topological polar surface area (TPSA) is 78.5 Å². The lowest BCUT2D eigenvalue weighted by molar-refractivity contribution is -0.115. The van der Waals surface area contributed by atoms with Crippen LogP contribution in [0.15, 0.2) is 53.9 Å². The standard InChI is InChI=1S/C24H25N3O3S/c1-15-12-16(2)22(17(3)13-15)26-21(28)14-25-23(29)18-8-5-6-9-19(18)27(4)24(30)20-10-7-11-31-20/h5-13H,14H2,1-4H3,(H,25,29)(H,26,28). The summed E-state index contributed by atoms with van der Waals surface area (Å²) in [6, 6.07) is 14.4. The number of carbonyl (C=O) groups is 3. The number of benzene rings is 2. The number of thiophene rings is 1. The molecule has 3 rings (SSSR count). The molecule has 0 saturated carbocycles. The van der Waals surface area contributed by atoms with Crippen molar-refractivity contribution in [1.82, 2.24) is 5.32 Å². The number of para-hydroxylation sites is 1. The molecule has 2 N–H and O–H groups in total. The van der Waals surface area contributed by atoms with Gasteiger partial charge in [0, 0.05) is 12.7 Å². The van der Waals surface area contributed by atoms with Crippen LogP contribution in [0.2, 0.25) is 0 Å². The zero-order valence-corrected chi connectivity index (χ0v) is 18.8. The van der Waals surface area contributed by atoms with Gasteiger partial charge in [0.15, 0.2) is 0 Å². The van der Waals surface area contributed by atoms with E-state index in [0.29, 0.717) is 16.1 Å². The number of nitrogens with zero attached hydrogens (tertiary/aromatic N) is 1. The van der Waals surface area contributed by atoms with Crippen molar-refractivity contribution in [3.8, 4) is 0 Å². The third-order valence-electron chi connectivity index (χ3n) is 4.90. The molecule has 3 amide bonds. The first-order valence-corrected chi connectivity index (χ1v) is 10.7. The average molecular weight is 436 g/mol. The van der Waals surface area contributed by atoms with Gasteiger partial charge in [-0.05, 0) is 55.5 Å². The molecular weight excluding hydrogens is 410 g/mol. The summed E-state index contributed by atoms with van der Waals surface area (Å²) in [4.78, 5) is 39.9. The summed E-state index contributed by atoms with van der Waals surface area (Å²) >= 11 is 1.34. The maximum atomic E-state index is 12.8. The van der Waals surface area contributed by atoms with Crippen molar-refractivity contribution in [3.05, 3.63) is 81.0 Å². The van der Waals surface area contributed by atoms with Crippen LogP contribution < -0.4 is 15.5 Å². The van der Waals surface area contributed by atoms with Gasteiger partial charge in [0.2, 0.25) is 5.91 Å². The molecular formula is C24H25N3O3S. The first kappa shape index (κ1) is 22.2. The monoisotopic (exact) mass is 435 g/mol. The van der Waals surface area contributed by atoms with Crippen LogP contribution in [0.4, 0.5) is 11.4 Å². The van der Waals surface area contributed by atoms with Gasteiger partial charge in [-0.15, -0.1) is 11.3 Å². The van der Waals surface area contributed by atoms with Crippen LogP contribution in [0.25, 0.3) is 0 Å². The Labute approximate surface area is 185 Å². The van der Waals surface area contributed by atoms with Crippen LogP contribution in [0.1, 0.15) is 36.7 Å². The van der Waals surface area contributed by atoms with Crippen molar-refractivity contribution in [2.24, 2.45) is 0 Å². The zero-order chi connectivity index (χ0) is 22.5. The normalized spacial score (nSPS) is 10.5. The fourth-order valence-electron chi connectivity index (χ4n) is 3.45. The number of nitrogens with one attached hydrogen (secondary N) is 2. The van der Waals surface area contributed by atoms with Crippen molar-refractivity contribution < 1.29 is 14.4 Å². The van der Waals surface area contributed by atoms with Gasteiger partial charge in [-0.3, -0.25) is 14.4 Å². The van der Waals surface area contributed by atoms with Crippen LogP contribution in [-0.4, -0.2) is 31.3 Å². The highest BCUT2D eigenvalue weighted by atomic mass is 32.1. The summed E-state index contributed by atoms with van der Waals surface area (Å²) in [5.74, 6) is -0.934. The lowest BCUT2D eigenvalue weighted by Gasteiger charge is -2.20. The molecule has 160 valence electrons. The van der Waals surface area contributed by atoms with Gasteiger partial charge in [-0.1, -0.05) is 35.9 Å². The van der Waals surface area contributed by atoms with E-state index in [1.54, 1.807) is 43.4 Å². The molecule has 31 heavy (non-hydrogen) atoms. The van der Waals surface area contributed by atoms with Gasteiger partial charge >= 0.3 is 0 Å². The Morgan fingerprint density at radius 1 is 0.968 bits per heavy atom. The molecule has 0 aliphatic carbocycles. The Hall–Kier alpha value is -3.45. The number of rotatable bonds is 6. The molecule has 0 atom stereocenters. The van der Waals surface area contributed by atoms with Crippen LogP contribution in [-0.2, 0) is 4.79 Å². The average Bonchev–Trinajstić information content (AvgIpc) is 3.28. The van der Waals surface area contributed by atoms with Crippen molar-refractivity contribution in [2.75, 3.05) is 23.8 Å². The molecule has 1 heterocycles. The molecule has 0 spiro atoms. The first-order chi connectivity index (χ1) is 14.8. The molecule has 0 saturated heterocycles. The van der Waals surface area contributed by atoms with Crippen molar-refractivity contribution >= 4 is 40.4 Å². The van der Waals surface area contributed by atoms with Crippen LogP contribution in [0, 0.1) is 20.8 Å². The second-order valence-corrected chi connectivity index (χ2v) is 8.31. The van der Waals surface area contributed by atoms with E-state index in [1.807, 2.05) is 38.3 Å². The molecule has 1 aromatic heterocycles. The largest absolute Gasteiger partial charge is 0.343 e. The molecule has 0 unspecified atom stereocenters. The van der Waals surface area contributed by atoms with Crippen molar-refractivity contribution in [1.29, 1.82) is 0 Å². The molecule has 0 bridgehead atoms. The van der Waals surface area contributed by atoms with E-state index in [2.05, 4.69) is 10.6 Å². The van der Waals surface area contributed by atoms with E-state index in [1.165, 1.54) is 16.2 Å². The van der Waals surface area contributed by atoms with E-state index in [-0.39, 0.29) is 18.4 Å². The van der Waals surface area contributed by atoms with E-state index >= 15 is 0 Å². The minimum Gasteiger partial charge on any atom is -0.343 e. The van der Waals surface area contributed by atoms with Gasteiger partial charge in [-0.25, -0.2) is 0 Å². The van der Waals surface area contributed by atoms with Gasteiger partial charge in [0.05, 0.1) is 22.7 Å². The summed E-state index contributed by atoms with van der Waals surface area (Å²) in [6.07, 6.45) is 0. The maximum absolute atomic E-state index is 12.8. The van der Waals surface area contributed by atoms with Crippen LogP contribution in [0.5, 0.6) is 0 Å². The summed E-state index contributed by atoms with van der Waals surface area (Å²) < 4.78 is 0. The van der Waals surface area contributed by atoms with Crippen LogP contribution >= 0.6 is 11.3 Å². The van der Waals surface area contributed by atoms with E-state index < -0.39 is 5.91 Å². The lowest BCUT2D eigenvalue weighted by Crippen LogP contribution is -2.35. The number of hydrogen-bond acceptors (Lipinski definition) is 4. The molecule has 0 fully saturated rings. The van der Waals surface area contributed by atoms with Crippen LogP contribution in [0.3, 0.4) is 0 Å². The van der Waals surface area contributed by atoms with Gasteiger partial charge in [-0.2, -0.15) is 0 Å². The molecule has 0 aliphatic rings. The predicted molar refractivity (Wildman–Crippen MR) is 125 cm³/mol. The Morgan fingerprint density at radius 2 is 1.65 bits per heavy atom. The Bertz CT molecular complexity index is 1100. The minimum atomic E-state index is -0.422. The molecule has 7 heteroatoms. The molecule has 6 nitrogen and oxygen atoms in total. The number of anilines is 2. The SMILES string of the molecule is Cc1cc(C)c(NC(=O)CNC(=O)c2ccccc2N(C)C(=O)c2cccs2)c(C)c1. The fourth-order valence-corrected chi connectivity index (χ4v) is 4.15. The lowest BCUT2D eigenvalue weighted by atomic mass is 10.1. The number of carbonyl (C=O) groups excluding carboxylic acids is 3. The second kappa shape index (κ2) is 9.57. The third kappa shape index (κ3) is 5.19. The van der Waals surface area contributed by atoms with E-state index in [0.717, 1.165) is 22.4 Å². The van der Waals surface area contributed by atoms with Gasteiger partial charge in [0.25, 0.3) is 11.8 Å². The third-order valence-corrected chi connectivity index (χ3v) is 5.76. The fraction of sp³-hybridized carbons (Fsp3) is 0.208. The smallest absolute Gasteiger partial charge is 0.268 e. The second-order valence-electron chi connectivity index (χ2n) is 7.36. The van der Waals surface area contributed by atoms with E-state index in [4.69, 9.17) is 0 Å². The highest BCUT2D eigenvalue weighted by Gasteiger charge is 2.20. The van der Waals surface area contributed by atoms with Gasteiger partial charge in [0.1, 0.15) is 0 Å². The highest BCUT2D eigenvalue weighted by Crippen LogP contribution is 2.23. The highest BCUT2D eigenvalue weighted by molar-refractivity contribution is 7.12. The van der Waals surface area contributed by atoms with Gasteiger partial charge < -0.3 is 15.5 Å². The summed E-state index contributed by atoms with van der Waals surface area (Å²) in [7, 11) is 1.63. The molecule has 0 radical (unpaired) electrons. The quantitative estimate of drug-likeness (QED) is 0.605. The number of amides is 3. The van der Waals surface area contributed by atoms with E-state index in [9.17, 15) is 14.4 Å². The Morgan fingerprint density at radius 3 is 2.29 bits per heavy atom. The molecule has 2 aromatic carbocycles. The summed E-state index contributed by atoms with van der Waals surface area (Å²) in [6.45, 7) is 5.70. The maximum Gasteiger partial charge on any atom is 0.268 e. The molecule has 0 aliphatic heterocycles. The summed E-state index contributed by atoms with van der Waals surface area (Å²) in [5.41, 5.74) is 4.62. The summed E-state index contributed by atoms with van der Waals surface area (Å²) in [5, 5.41) is 7.35. The number of aryl methyl sites for hydroxylation is 3. The van der Waals surface area contributed by atoms with Crippen molar-refractivity contribution in [2.45, 2.75) is 20.8 Å². The first-order valence-electron chi connectivity index (χ1n) is 9.84. The predicted octanol–water partition coefficient (Wildman–Crippen LogP) is 4.32. The van der Waals surface area contributed by atoms with Crippen molar-refractivity contribution in [3.63, 3.8) is 0 Å². The minimum absolute atomic E-state index is 0.178.